The van der Waals surface area contributed by atoms with Gasteiger partial charge in [-0.15, -0.1) is 0 Å². The Morgan fingerprint density at radius 3 is 2.89 bits per heavy atom. The summed E-state index contributed by atoms with van der Waals surface area (Å²) in [5.74, 6) is -0.176. The lowest BCUT2D eigenvalue weighted by Gasteiger charge is -1.99. The van der Waals surface area contributed by atoms with Crippen molar-refractivity contribution in [3.8, 4) is 16.5 Å². The molecule has 0 saturated carbocycles. The van der Waals surface area contributed by atoms with Crippen LogP contribution in [-0.4, -0.2) is 15.8 Å². The molecule has 1 aliphatic rings. The van der Waals surface area contributed by atoms with Gasteiger partial charge < -0.3 is 0 Å². The molecule has 0 aliphatic heterocycles. The number of fused-ring (bicyclic) bond motifs is 3. The van der Waals surface area contributed by atoms with Gasteiger partial charge in [0.2, 0.25) is 10.9 Å². The number of thiocyanates is 1. The maximum Gasteiger partial charge on any atom is 0.212 e. The summed E-state index contributed by atoms with van der Waals surface area (Å²) in [5, 5.41) is 11.2. The first-order valence-corrected chi connectivity index (χ1v) is 6.18. The van der Waals surface area contributed by atoms with Gasteiger partial charge in [-0.25, -0.2) is 9.97 Å². The van der Waals surface area contributed by atoms with Gasteiger partial charge in [0.05, 0.1) is 0 Å². The third-order valence-corrected chi connectivity index (χ3v) is 3.34. The molecule has 1 aliphatic carbocycles. The third kappa shape index (κ3) is 1.58. The SMILES string of the molecule is N#CSc1ncc2c(n1)C(=O)c1cc(Cl)ccc1-2. The summed E-state index contributed by atoms with van der Waals surface area (Å²) in [6.07, 6.45) is 1.57. The van der Waals surface area contributed by atoms with Gasteiger partial charge in [0.1, 0.15) is 11.1 Å². The van der Waals surface area contributed by atoms with E-state index >= 15 is 0 Å². The number of ketones is 1. The lowest BCUT2D eigenvalue weighted by molar-refractivity contribution is 0.103. The molecule has 0 radical (unpaired) electrons. The lowest BCUT2D eigenvalue weighted by atomic mass is 10.1. The van der Waals surface area contributed by atoms with Gasteiger partial charge in [-0.1, -0.05) is 17.7 Å². The fourth-order valence-electron chi connectivity index (χ4n) is 1.89. The molecule has 0 unspecified atom stereocenters. The van der Waals surface area contributed by atoms with Crippen LogP contribution in [0.5, 0.6) is 0 Å². The molecule has 4 nitrogen and oxygen atoms in total. The van der Waals surface area contributed by atoms with Gasteiger partial charge in [0.25, 0.3) is 0 Å². The van der Waals surface area contributed by atoms with E-state index in [1.807, 2.05) is 5.40 Å². The number of aromatic nitrogens is 2. The highest BCUT2D eigenvalue weighted by Gasteiger charge is 2.29. The quantitative estimate of drug-likeness (QED) is 0.387. The van der Waals surface area contributed by atoms with Crippen molar-refractivity contribution in [2.75, 3.05) is 0 Å². The molecular formula is C12H4ClN3OS. The van der Waals surface area contributed by atoms with Crippen molar-refractivity contribution in [1.29, 1.82) is 5.26 Å². The maximum absolute atomic E-state index is 12.2. The molecule has 18 heavy (non-hydrogen) atoms. The summed E-state index contributed by atoms with van der Waals surface area (Å²) in [5.41, 5.74) is 2.34. The summed E-state index contributed by atoms with van der Waals surface area (Å²) in [7, 11) is 0. The van der Waals surface area contributed by atoms with Gasteiger partial charge in [-0.2, -0.15) is 5.26 Å². The second kappa shape index (κ2) is 4.09. The first-order chi connectivity index (χ1) is 8.70. The molecule has 0 fully saturated rings. The van der Waals surface area contributed by atoms with Crippen molar-refractivity contribution in [1.82, 2.24) is 9.97 Å². The van der Waals surface area contributed by atoms with Gasteiger partial charge in [-0.3, -0.25) is 4.79 Å². The number of nitrogens with zero attached hydrogens (tertiary/aromatic N) is 3. The van der Waals surface area contributed by atoms with Gasteiger partial charge in [-0.05, 0) is 17.7 Å². The molecule has 0 N–H and O–H groups in total. The van der Waals surface area contributed by atoms with Crippen molar-refractivity contribution in [3.05, 3.63) is 40.7 Å². The van der Waals surface area contributed by atoms with Crippen LogP contribution in [-0.2, 0) is 0 Å². The molecule has 1 aromatic carbocycles. The van der Waals surface area contributed by atoms with E-state index < -0.39 is 0 Å². The minimum Gasteiger partial charge on any atom is -0.287 e. The molecule has 1 aromatic heterocycles. The van der Waals surface area contributed by atoms with E-state index in [1.165, 1.54) is 0 Å². The molecule has 0 spiro atoms. The Bertz CT molecular complexity index is 724. The molecule has 0 saturated heterocycles. The minimum absolute atomic E-state index is 0.176. The monoisotopic (exact) mass is 273 g/mol. The van der Waals surface area contributed by atoms with Crippen molar-refractivity contribution in [3.63, 3.8) is 0 Å². The molecule has 3 rings (SSSR count). The van der Waals surface area contributed by atoms with Crippen LogP contribution in [0.3, 0.4) is 0 Å². The second-order valence-corrected chi connectivity index (χ2v) is 4.82. The zero-order valence-electron chi connectivity index (χ0n) is 8.85. The zero-order chi connectivity index (χ0) is 12.7. The van der Waals surface area contributed by atoms with E-state index in [1.54, 1.807) is 24.4 Å². The average Bonchev–Trinajstić information content (AvgIpc) is 2.64. The second-order valence-electron chi connectivity index (χ2n) is 3.63. The highest BCUT2D eigenvalue weighted by molar-refractivity contribution is 8.03. The summed E-state index contributed by atoms with van der Waals surface area (Å²) in [6, 6.07) is 5.13. The molecular weight excluding hydrogens is 270 g/mol. The number of carbonyl (C=O) groups excluding carboxylic acids is 1. The summed E-state index contributed by atoms with van der Waals surface area (Å²) >= 11 is 6.71. The van der Waals surface area contributed by atoms with Crippen LogP contribution in [0, 0.1) is 10.7 Å². The molecule has 2 aromatic rings. The van der Waals surface area contributed by atoms with Crippen LogP contribution in [0.15, 0.2) is 29.6 Å². The van der Waals surface area contributed by atoms with Gasteiger partial charge in [0.15, 0.2) is 0 Å². The fraction of sp³-hybridized carbons (Fsp3) is 0. The molecule has 0 atom stereocenters. The summed E-state index contributed by atoms with van der Waals surface area (Å²) in [4.78, 5) is 20.3. The largest absolute Gasteiger partial charge is 0.287 e. The molecule has 1 heterocycles. The average molecular weight is 274 g/mol. The fourth-order valence-corrected chi connectivity index (χ4v) is 2.39. The number of hydrogen-bond acceptors (Lipinski definition) is 5. The Hall–Kier alpha value is -1.90. The Labute approximate surface area is 112 Å². The topological polar surface area (TPSA) is 66.6 Å². The van der Waals surface area contributed by atoms with Crippen molar-refractivity contribution in [2.45, 2.75) is 5.16 Å². The predicted octanol–water partition coefficient (Wildman–Crippen LogP) is 2.91. The number of benzene rings is 1. The molecule has 6 heteroatoms. The first kappa shape index (κ1) is 11.2. The lowest BCUT2D eigenvalue weighted by Crippen LogP contribution is -2.00. The van der Waals surface area contributed by atoms with Crippen LogP contribution in [0.4, 0.5) is 0 Å². The molecule has 0 amide bonds. The van der Waals surface area contributed by atoms with E-state index in [-0.39, 0.29) is 10.9 Å². The zero-order valence-corrected chi connectivity index (χ0v) is 10.4. The van der Waals surface area contributed by atoms with Crippen molar-refractivity contribution in [2.24, 2.45) is 0 Å². The first-order valence-electron chi connectivity index (χ1n) is 4.98. The van der Waals surface area contributed by atoms with E-state index in [2.05, 4.69) is 9.97 Å². The highest BCUT2D eigenvalue weighted by Crippen LogP contribution is 2.36. The van der Waals surface area contributed by atoms with Gasteiger partial charge >= 0.3 is 0 Å². The number of halogens is 1. The smallest absolute Gasteiger partial charge is 0.212 e. The van der Waals surface area contributed by atoms with E-state index in [0.717, 1.165) is 17.3 Å². The standard InChI is InChI=1S/C12H4ClN3OS/c13-6-1-2-7-8(3-6)11(17)10-9(7)4-15-12(16-10)18-5-14/h1-4H. The van der Waals surface area contributed by atoms with Crippen molar-refractivity contribution >= 4 is 29.1 Å². The Balaban J connectivity index is 2.20. The summed E-state index contributed by atoms with van der Waals surface area (Å²) < 4.78 is 0. The van der Waals surface area contributed by atoms with Crippen LogP contribution >= 0.6 is 23.4 Å². The minimum atomic E-state index is -0.176. The van der Waals surface area contributed by atoms with E-state index in [0.29, 0.717) is 21.8 Å². The van der Waals surface area contributed by atoms with Crippen LogP contribution in [0.25, 0.3) is 11.1 Å². The number of rotatable bonds is 1. The predicted molar refractivity (Wildman–Crippen MR) is 67.4 cm³/mol. The number of hydrogen-bond donors (Lipinski definition) is 0. The highest BCUT2D eigenvalue weighted by atomic mass is 35.5. The maximum atomic E-state index is 12.2. The van der Waals surface area contributed by atoms with Crippen LogP contribution < -0.4 is 0 Å². The number of thioether (sulfide) groups is 1. The van der Waals surface area contributed by atoms with E-state index in [9.17, 15) is 4.79 Å². The van der Waals surface area contributed by atoms with E-state index in [4.69, 9.17) is 16.9 Å². The Morgan fingerprint density at radius 2 is 2.11 bits per heavy atom. The van der Waals surface area contributed by atoms with Crippen molar-refractivity contribution < 1.29 is 4.79 Å². The van der Waals surface area contributed by atoms with Gasteiger partial charge in [0, 0.05) is 34.1 Å². The normalized spacial score (nSPS) is 11.9. The summed E-state index contributed by atoms with van der Waals surface area (Å²) in [6.45, 7) is 0. The number of carbonyl (C=O) groups is 1. The molecule has 86 valence electrons. The Morgan fingerprint density at radius 1 is 1.28 bits per heavy atom. The van der Waals surface area contributed by atoms with Crippen LogP contribution in [0.1, 0.15) is 16.1 Å². The molecule has 0 bridgehead atoms. The van der Waals surface area contributed by atoms with Crippen LogP contribution in [0.2, 0.25) is 5.02 Å². The third-order valence-electron chi connectivity index (χ3n) is 2.64. The Kier molecular flexibility index (Phi) is 2.54. The number of nitriles is 1.